The molecule has 8 heteroatoms. The van der Waals surface area contributed by atoms with Gasteiger partial charge in [0.1, 0.15) is 5.69 Å². The molecule has 1 saturated heterocycles. The lowest BCUT2D eigenvalue weighted by Crippen LogP contribution is -2.41. The van der Waals surface area contributed by atoms with Crippen molar-refractivity contribution in [2.24, 2.45) is 0 Å². The Morgan fingerprint density at radius 1 is 1.26 bits per heavy atom. The Bertz CT molecular complexity index is 959. The summed E-state index contributed by atoms with van der Waals surface area (Å²) >= 11 is 0. The molecule has 1 N–H and O–H groups in total. The number of amides is 1. The van der Waals surface area contributed by atoms with Crippen molar-refractivity contribution in [1.29, 1.82) is 0 Å². The number of sulfone groups is 1. The van der Waals surface area contributed by atoms with E-state index in [0.29, 0.717) is 24.6 Å². The number of benzene rings is 1. The minimum Gasteiger partial charge on any atom is -0.334 e. The van der Waals surface area contributed by atoms with Crippen LogP contribution in [-0.4, -0.2) is 53.3 Å². The Morgan fingerprint density at radius 2 is 2.04 bits per heavy atom. The lowest BCUT2D eigenvalue weighted by atomic mass is 10.2. The van der Waals surface area contributed by atoms with E-state index < -0.39 is 9.84 Å². The van der Waals surface area contributed by atoms with E-state index in [-0.39, 0.29) is 29.1 Å². The smallest absolute Gasteiger partial charge is 0.272 e. The Hall–Kier alpha value is -2.48. The fourth-order valence-corrected chi connectivity index (χ4v) is 5.05. The first-order valence-electron chi connectivity index (χ1n) is 8.98. The van der Waals surface area contributed by atoms with Crippen LogP contribution in [0, 0.1) is 13.8 Å². The normalized spacial score (nSPS) is 18.3. The first kappa shape index (κ1) is 19.3. The van der Waals surface area contributed by atoms with Crippen molar-refractivity contribution in [2.45, 2.75) is 33.2 Å². The zero-order valence-electron chi connectivity index (χ0n) is 15.8. The molecule has 144 valence electrons. The van der Waals surface area contributed by atoms with Crippen LogP contribution in [0.15, 0.2) is 30.3 Å². The van der Waals surface area contributed by atoms with Gasteiger partial charge in [0.05, 0.1) is 11.5 Å². The van der Waals surface area contributed by atoms with E-state index >= 15 is 0 Å². The Balaban J connectivity index is 1.85. The maximum absolute atomic E-state index is 13.0. The molecule has 7 nitrogen and oxygen atoms in total. The zero-order valence-corrected chi connectivity index (χ0v) is 16.6. The van der Waals surface area contributed by atoms with Crippen LogP contribution in [0.1, 0.15) is 35.1 Å². The number of hydrogen-bond acceptors (Lipinski definition) is 6. The first-order chi connectivity index (χ1) is 12.8. The van der Waals surface area contributed by atoms with Crippen molar-refractivity contribution in [3.05, 3.63) is 47.3 Å². The average Bonchev–Trinajstić information content (AvgIpc) is 2.94. The lowest BCUT2D eigenvalue weighted by molar-refractivity contribution is 0.0702. The number of rotatable bonds is 5. The van der Waals surface area contributed by atoms with Gasteiger partial charge < -0.3 is 10.2 Å². The van der Waals surface area contributed by atoms with Crippen LogP contribution in [-0.2, 0) is 9.84 Å². The molecule has 1 amide bonds. The average molecular weight is 388 g/mol. The Labute approximate surface area is 159 Å². The molecule has 0 radical (unpaired) electrons. The van der Waals surface area contributed by atoms with E-state index in [1.807, 2.05) is 38.1 Å². The molecule has 1 aliphatic rings. The highest BCUT2D eigenvalue weighted by Crippen LogP contribution is 2.21. The van der Waals surface area contributed by atoms with Gasteiger partial charge in [-0.3, -0.25) is 4.79 Å². The lowest BCUT2D eigenvalue weighted by Gasteiger charge is -2.26. The van der Waals surface area contributed by atoms with Crippen LogP contribution in [0.5, 0.6) is 0 Å². The van der Waals surface area contributed by atoms with Gasteiger partial charge in [0, 0.05) is 24.0 Å². The molecule has 2 heterocycles. The van der Waals surface area contributed by atoms with Crippen LogP contribution in [0.2, 0.25) is 0 Å². The quantitative estimate of drug-likeness (QED) is 0.846. The highest BCUT2D eigenvalue weighted by molar-refractivity contribution is 7.91. The topological polar surface area (TPSA) is 92.3 Å². The van der Waals surface area contributed by atoms with Crippen LogP contribution < -0.4 is 5.32 Å². The zero-order chi connectivity index (χ0) is 19.6. The second kappa shape index (κ2) is 7.64. The molecular weight excluding hydrogens is 364 g/mol. The van der Waals surface area contributed by atoms with Crippen LogP contribution >= 0.6 is 0 Å². The summed E-state index contributed by atoms with van der Waals surface area (Å²) in [4.78, 5) is 23.3. The number of nitrogens with zero attached hydrogens (tertiary/aromatic N) is 3. The fourth-order valence-electron chi connectivity index (χ4n) is 3.32. The summed E-state index contributed by atoms with van der Waals surface area (Å²) in [5.74, 6) is 0.228. The standard InChI is InChI=1S/C19H24N4O3S/c1-4-23(16-8-9-27(25,26)12-16)18(24)17-11-14(3)20-19(22-17)21-15-7-5-6-13(2)10-15/h5-7,10-11,16H,4,8-9,12H2,1-3H3,(H,20,21,22). The Morgan fingerprint density at radius 3 is 2.67 bits per heavy atom. The van der Waals surface area contributed by atoms with E-state index in [1.54, 1.807) is 17.9 Å². The monoisotopic (exact) mass is 388 g/mol. The molecule has 1 fully saturated rings. The minimum atomic E-state index is -3.07. The summed E-state index contributed by atoms with van der Waals surface area (Å²) in [6, 6.07) is 9.13. The molecule has 1 atom stereocenters. The number of carbonyl (C=O) groups excluding carboxylic acids is 1. The summed E-state index contributed by atoms with van der Waals surface area (Å²) < 4.78 is 23.6. The van der Waals surface area contributed by atoms with E-state index in [0.717, 1.165) is 11.3 Å². The third-order valence-corrected chi connectivity index (χ3v) is 6.35. The van der Waals surface area contributed by atoms with Crippen molar-refractivity contribution in [3.63, 3.8) is 0 Å². The molecule has 1 aromatic heterocycles. The highest BCUT2D eigenvalue weighted by atomic mass is 32.2. The SMILES string of the molecule is CCN(C(=O)c1cc(C)nc(Nc2cccc(C)c2)n1)C1CCS(=O)(=O)C1. The van der Waals surface area contributed by atoms with Gasteiger partial charge in [-0.15, -0.1) is 0 Å². The van der Waals surface area contributed by atoms with Crippen molar-refractivity contribution < 1.29 is 13.2 Å². The van der Waals surface area contributed by atoms with Gasteiger partial charge in [0.15, 0.2) is 9.84 Å². The molecular formula is C19H24N4O3S. The van der Waals surface area contributed by atoms with Crippen molar-refractivity contribution in [1.82, 2.24) is 14.9 Å². The maximum atomic E-state index is 13.0. The molecule has 0 bridgehead atoms. The van der Waals surface area contributed by atoms with Crippen LogP contribution in [0.4, 0.5) is 11.6 Å². The van der Waals surface area contributed by atoms with Crippen molar-refractivity contribution in [3.8, 4) is 0 Å². The molecule has 2 aromatic rings. The van der Waals surface area contributed by atoms with E-state index in [9.17, 15) is 13.2 Å². The maximum Gasteiger partial charge on any atom is 0.272 e. The van der Waals surface area contributed by atoms with E-state index in [2.05, 4.69) is 15.3 Å². The van der Waals surface area contributed by atoms with Gasteiger partial charge in [-0.25, -0.2) is 18.4 Å². The van der Waals surface area contributed by atoms with E-state index in [1.165, 1.54) is 0 Å². The molecule has 27 heavy (non-hydrogen) atoms. The van der Waals surface area contributed by atoms with Gasteiger partial charge in [-0.2, -0.15) is 0 Å². The van der Waals surface area contributed by atoms with Gasteiger partial charge in [0.25, 0.3) is 5.91 Å². The first-order valence-corrected chi connectivity index (χ1v) is 10.8. The van der Waals surface area contributed by atoms with Crippen LogP contribution in [0.25, 0.3) is 0 Å². The van der Waals surface area contributed by atoms with Crippen molar-refractivity contribution in [2.75, 3.05) is 23.4 Å². The molecule has 1 unspecified atom stereocenters. The number of nitrogens with one attached hydrogen (secondary N) is 1. The van der Waals surface area contributed by atoms with Crippen LogP contribution in [0.3, 0.4) is 0 Å². The predicted octanol–water partition coefficient (Wildman–Crippen LogP) is 2.49. The minimum absolute atomic E-state index is 0.0189. The molecule has 0 saturated carbocycles. The summed E-state index contributed by atoms with van der Waals surface area (Å²) in [5, 5.41) is 3.13. The van der Waals surface area contributed by atoms with Gasteiger partial charge in [-0.1, -0.05) is 12.1 Å². The second-order valence-electron chi connectivity index (χ2n) is 6.86. The van der Waals surface area contributed by atoms with Gasteiger partial charge in [-0.05, 0) is 51.0 Å². The third kappa shape index (κ3) is 4.63. The number of aromatic nitrogens is 2. The third-order valence-electron chi connectivity index (χ3n) is 4.60. The van der Waals surface area contributed by atoms with Gasteiger partial charge in [0.2, 0.25) is 5.95 Å². The number of carbonyl (C=O) groups is 1. The predicted molar refractivity (Wildman–Crippen MR) is 105 cm³/mol. The summed E-state index contributed by atoms with van der Waals surface area (Å²) in [6.45, 7) is 6.08. The fraction of sp³-hybridized carbons (Fsp3) is 0.421. The molecule has 0 spiro atoms. The number of aryl methyl sites for hydroxylation is 2. The molecule has 0 aliphatic carbocycles. The number of hydrogen-bond donors (Lipinski definition) is 1. The number of anilines is 2. The molecule has 3 rings (SSSR count). The Kier molecular flexibility index (Phi) is 5.46. The highest BCUT2D eigenvalue weighted by Gasteiger charge is 2.34. The van der Waals surface area contributed by atoms with Gasteiger partial charge >= 0.3 is 0 Å². The van der Waals surface area contributed by atoms with E-state index in [4.69, 9.17) is 0 Å². The summed E-state index contributed by atoms with van der Waals surface area (Å²) in [5.41, 5.74) is 2.87. The molecule has 1 aliphatic heterocycles. The second-order valence-corrected chi connectivity index (χ2v) is 9.09. The summed E-state index contributed by atoms with van der Waals surface area (Å²) in [7, 11) is -3.07. The largest absolute Gasteiger partial charge is 0.334 e. The molecule has 1 aromatic carbocycles. The summed E-state index contributed by atoms with van der Waals surface area (Å²) in [6.07, 6.45) is 0.473. The van der Waals surface area contributed by atoms with Crippen molar-refractivity contribution >= 4 is 27.4 Å².